The van der Waals surface area contributed by atoms with E-state index in [4.69, 9.17) is 4.74 Å². The van der Waals surface area contributed by atoms with Crippen LogP contribution in [0.4, 0.5) is 0 Å². The van der Waals surface area contributed by atoms with Gasteiger partial charge in [-0.15, -0.1) is 0 Å². The van der Waals surface area contributed by atoms with E-state index in [2.05, 4.69) is 35.4 Å². The Kier molecular flexibility index (Phi) is 7.34. The standard InChI is InChI=1S/C18H24N2O.C2H6/c1-2-3-5-14-12-15-6-4-9-20-18(15)17(13-14)21-16-7-10-19-11-8-16;1-2/h4,6,9,12-13,16,19H,2-3,5,7-8,10-11H2,1H3;1-2H3. The number of hydrogen-bond donors (Lipinski definition) is 1. The predicted molar refractivity (Wildman–Crippen MR) is 98.2 cm³/mol. The van der Waals surface area contributed by atoms with E-state index in [-0.39, 0.29) is 0 Å². The molecule has 1 aliphatic heterocycles. The number of aryl methyl sites for hydroxylation is 1. The second kappa shape index (κ2) is 9.51. The van der Waals surface area contributed by atoms with Gasteiger partial charge in [0.1, 0.15) is 17.4 Å². The maximum absolute atomic E-state index is 6.29. The predicted octanol–water partition coefficient (Wildman–Crippen LogP) is 4.73. The van der Waals surface area contributed by atoms with E-state index >= 15 is 0 Å². The molecule has 0 spiro atoms. The fourth-order valence-corrected chi connectivity index (χ4v) is 2.93. The molecule has 3 heteroatoms. The lowest BCUT2D eigenvalue weighted by Crippen LogP contribution is -2.34. The number of rotatable bonds is 5. The molecule has 1 saturated heterocycles. The van der Waals surface area contributed by atoms with Crippen LogP contribution < -0.4 is 10.1 Å². The third-order valence-electron chi connectivity index (χ3n) is 4.13. The van der Waals surface area contributed by atoms with Gasteiger partial charge >= 0.3 is 0 Å². The fraction of sp³-hybridized carbons (Fsp3) is 0.550. The van der Waals surface area contributed by atoms with Crippen molar-refractivity contribution in [2.75, 3.05) is 13.1 Å². The number of hydrogen-bond acceptors (Lipinski definition) is 3. The zero-order valence-corrected chi connectivity index (χ0v) is 14.8. The molecule has 0 radical (unpaired) electrons. The fourth-order valence-electron chi connectivity index (χ4n) is 2.93. The van der Waals surface area contributed by atoms with Crippen molar-refractivity contribution < 1.29 is 4.74 Å². The summed E-state index contributed by atoms with van der Waals surface area (Å²) in [5, 5.41) is 4.57. The topological polar surface area (TPSA) is 34.1 Å². The maximum Gasteiger partial charge on any atom is 0.146 e. The smallest absolute Gasteiger partial charge is 0.146 e. The third-order valence-corrected chi connectivity index (χ3v) is 4.13. The Hall–Kier alpha value is -1.61. The van der Waals surface area contributed by atoms with Crippen LogP contribution in [0, 0.1) is 0 Å². The van der Waals surface area contributed by atoms with Crippen LogP contribution in [-0.4, -0.2) is 24.2 Å². The molecule has 1 aliphatic rings. The van der Waals surface area contributed by atoms with E-state index in [0.717, 1.165) is 43.6 Å². The molecule has 3 nitrogen and oxygen atoms in total. The highest BCUT2D eigenvalue weighted by molar-refractivity contribution is 5.85. The number of pyridine rings is 1. The van der Waals surface area contributed by atoms with Gasteiger partial charge in [0.15, 0.2) is 0 Å². The van der Waals surface area contributed by atoms with E-state index < -0.39 is 0 Å². The van der Waals surface area contributed by atoms with Crippen molar-refractivity contribution in [3.63, 3.8) is 0 Å². The Balaban J connectivity index is 0.000000924. The van der Waals surface area contributed by atoms with Crippen molar-refractivity contribution in [3.05, 3.63) is 36.0 Å². The average molecular weight is 314 g/mol. The summed E-state index contributed by atoms with van der Waals surface area (Å²) >= 11 is 0. The summed E-state index contributed by atoms with van der Waals surface area (Å²) in [7, 11) is 0. The van der Waals surface area contributed by atoms with Crippen LogP contribution in [-0.2, 0) is 6.42 Å². The summed E-state index contributed by atoms with van der Waals surface area (Å²) in [5.41, 5.74) is 2.36. The van der Waals surface area contributed by atoms with Gasteiger partial charge < -0.3 is 10.1 Å². The molecule has 0 atom stereocenters. The lowest BCUT2D eigenvalue weighted by atomic mass is 10.0. The first-order valence-electron chi connectivity index (χ1n) is 9.12. The highest BCUT2D eigenvalue weighted by Crippen LogP contribution is 2.28. The van der Waals surface area contributed by atoms with Gasteiger partial charge in [-0.2, -0.15) is 0 Å². The minimum Gasteiger partial charge on any atom is -0.488 e. The normalized spacial score (nSPS) is 15.1. The van der Waals surface area contributed by atoms with E-state index in [1.165, 1.54) is 23.8 Å². The molecular weight excluding hydrogens is 284 g/mol. The zero-order valence-electron chi connectivity index (χ0n) is 14.8. The molecule has 2 heterocycles. The average Bonchev–Trinajstić information content (AvgIpc) is 2.62. The summed E-state index contributed by atoms with van der Waals surface area (Å²) in [6.45, 7) is 8.33. The SMILES string of the molecule is CC.CCCCc1cc(OC2CCNCC2)c2ncccc2c1. The number of aromatic nitrogens is 1. The summed E-state index contributed by atoms with van der Waals surface area (Å²) in [6.07, 6.45) is 7.88. The van der Waals surface area contributed by atoms with Gasteiger partial charge in [-0.25, -0.2) is 0 Å². The molecule has 0 bridgehead atoms. The van der Waals surface area contributed by atoms with Crippen molar-refractivity contribution >= 4 is 10.9 Å². The largest absolute Gasteiger partial charge is 0.488 e. The summed E-state index contributed by atoms with van der Waals surface area (Å²) in [5.74, 6) is 0.964. The maximum atomic E-state index is 6.29. The highest BCUT2D eigenvalue weighted by atomic mass is 16.5. The van der Waals surface area contributed by atoms with E-state index in [1.807, 2.05) is 26.1 Å². The lowest BCUT2D eigenvalue weighted by Gasteiger charge is -2.24. The highest BCUT2D eigenvalue weighted by Gasteiger charge is 2.16. The summed E-state index contributed by atoms with van der Waals surface area (Å²) in [4.78, 5) is 4.53. The summed E-state index contributed by atoms with van der Waals surface area (Å²) < 4.78 is 6.29. The number of piperidine rings is 1. The molecular formula is C20H30N2O. The minimum atomic E-state index is 0.317. The Bertz CT molecular complexity index is 591. The number of unbranched alkanes of at least 4 members (excludes halogenated alkanes) is 1. The summed E-state index contributed by atoms with van der Waals surface area (Å²) in [6, 6.07) is 8.59. The van der Waals surface area contributed by atoms with Gasteiger partial charge in [-0.1, -0.05) is 33.3 Å². The number of ether oxygens (including phenoxy) is 1. The van der Waals surface area contributed by atoms with Gasteiger partial charge in [0, 0.05) is 11.6 Å². The number of fused-ring (bicyclic) bond motifs is 1. The first-order valence-corrected chi connectivity index (χ1v) is 9.12. The first-order chi connectivity index (χ1) is 11.4. The minimum absolute atomic E-state index is 0.317. The molecule has 0 unspecified atom stereocenters. The second-order valence-corrected chi connectivity index (χ2v) is 5.84. The van der Waals surface area contributed by atoms with Gasteiger partial charge in [0.25, 0.3) is 0 Å². The van der Waals surface area contributed by atoms with Crippen LogP contribution in [0.25, 0.3) is 10.9 Å². The number of nitrogens with zero attached hydrogens (tertiary/aromatic N) is 1. The van der Waals surface area contributed by atoms with Gasteiger partial charge in [0.05, 0.1) is 0 Å². The first kappa shape index (κ1) is 17.7. The Morgan fingerprint density at radius 1 is 1.22 bits per heavy atom. The van der Waals surface area contributed by atoms with E-state index in [1.54, 1.807) is 0 Å². The molecule has 3 rings (SSSR count). The Labute approximate surface area is 140 Å². The van der Waals surface area contributed by atoms with Crippen molar-refractivity contribution in [2.24, 2.45) is 0 Å². The van der Waals surface area contributed by atoms with Crippen molar-refractivity contribution in [2.45, 2.75) is 59.0 Å². The van der Waals surface area contributed by atoms with Gasteiger partial charge in [-0.05, 0) is 62.5 Å². The van der Waals surface area contributed by atoms with Crippen LogP contribution in [0.2, 0.25) is 0 Å². The van der Waals surface area contributed by atoms with E-state index in [9.17, 15) is 0 Å². The molecule has 1 aromatic heterocycles. The second-order valence-electron chi connectivity index (χ2n) is 5.84. The van der Waals surface area contributed by atoms with Crippen molar-refractivity contribution in [1.29, 1.82) is 0 Å². The third kappa shape index (κ3) is 4.93. The molecule has 126 valence electrons. The monoisotopic (exact) mass is 314 g/mol. The molecule has 2 aromatic rings. The van der Waals surface area contributed by atoms with Gasteiger partial charge in [-0.3, -0.25) is 4.98 Å². The van der Waals surface area contributed by atoms with Gasteiger partial charge in [0.2, 0.25) is 0 Å². The molecule has 0 saturated carbocycles. The van der Waals surface area contributed by atoms with Crippen LogP contribution in [0.3, 0.4) is 0 Å². The van der Waals surface area contributed by atoms with Crippen LogP contribution in [0.5, 0.6) is 5.75 Å². The van der Waals surface area contributed by atoms with Crippen LogP contribution in [0.15, 0.2) is 30.5 Å². The molecule has 1 fully saturated rings. The number of nitrogens with one attached hydrogen (secondary N) is 1. The quantitative estimate of drug-likeness (QED) is 0.866. The Morgan fingerprint density at radius 2 is 2.00 bits per heavy atom. The molecule has 1 aromatic carbocycles. The molecule has 0 amide bonds. The Morgan fingerprint density at radius 3 is 2.74 bits per heavy atom. The van der Waals surface area contributed by atoms with Crippen molar-refractivity contribution in [1.82, 2.24) is 10.3 Å². The van der Waals surface area contributed by atoms with E-state index in [0.29, 0.717) is 6.10 Å². The van der Waals surface area contributed by atoms with Crippen molar-refractivity contribution in [3.8, 4) is 5.75 Å². The zero-order chi connectivity index (χ0) is 16.5. The van der Waals surface area contributed by atoms with Crippen LogP contribution in [0.1, 0.15) is 52.0 Å². The number of benzene rings is 1. The molecule has 23 heavy (non-hydrogen) atoms. The van der Waals surface area contributed by atoms with Crippen LogP contribution >= 0.6 is 0 Å². The lowest BCUT2D eigenvalue weighted by molar-refractivity contribution is 0.164. The molecule has 1 N–H and O–H groups in total. The molecule has 0 aliphatic carbocycles.